The Morgan fingerprint density at radius 2 is 2.29 bits per heavy atom. The van der Waals surface area contributed by atoms with Crippen LogP contribution in [0, 0.1) is 11.8 Å². The van der Waals surface area contributed by atoms with Gasteiger partial charge in [0.25, 0.3) is 0 Å². The van der Waals surface area contributed by atoms with Gasteiger partial charge in [0.2, 0.25) is 5.91 Å². The van der Waals surface area contributed by atoms with Gasteiger partial charge in [0.15, 0.2) is 0 Å². The van der Waals surface area contributed by atoms with Crippen LogP contribution in [0.2, 0.25) is 0 Å². The predicted molar refractivity (Wildman–Crippen MR) is 63.0 cm³/mol. The summed E-state index contributed by atoms with van der Waals surface area (Å²) >= 11 is 0. The Morgan fingerprint density at radius 1 is 1.41 bits per heavy atom. The highest BCUT2D eigenvalue weighted by Crippen LogP contribution is 2.37. The van der Waals surface area contributed by atoms with Crippen molar-refractivity contribution < 1.29 is 4.79 Å². The van der Waals surface area contributed by atoms with E-state index in [1.807, 2.05) is 17.2 Å². The van der Waals surface area contributed by atoms with Crippen molar-refractivity contribution in [3.63, 3.8) is 0 Å². The van der Waals surface area contributed by atoms with E-state index in [2.05, 4.69) is 5.10 Å². The summed E-state index contributed by atoms with van der Waals surface area (Å²) in [5.74, 6) is 1.32. The second-order valence-corrected chi connectivity index (χ2v) is 5.17. The second-order valence-electron chi connectivity index (χ2n) is 5.17. The predicted octanol–water partition coefficient (Wildman–Crippen LogP) is 0.0788. The van der Waals surface area contributed by atoms with Gasteiger partial charge in [-0.3, -0.25) is 9.48 Å². The van der Waals surface area contributed by atoms with Crippen molar-refractivity contribution in [1.82, 2.24) is 14.7 Å². The molecule has 0 spiro atoms. The largest absolute Gasteiger partial charge is 0.340 e. The molecule has 2 N–H and O–H groups in total. The molecule has 17 heavy (non-hydrogen) atoms. The molecule has 1 amide bonds. The number of carbonyl (C=O) groups is 1. The fourth-order valence-corrected chi connectivity index (χ4v) is 3.14. The molecule has 2 fully saturated rings. The number of fused-ring (bicyclic) bond motifs is 1. The van der Waals surface area contributed by atoms with Crippen LogP contribution < -0.4 is 5.73 Å². The molecule has 1 aromatic rings. The van der Waals surface area contributed by atoms with Gasteiger partial charge in [-0.2, -0.15) is 5.10 Å². The van der Waals surface area contributed by atoms with Crippen LogP contribution in [0.25, 0.3) is 0 Å². The normalized spacial score (nSPS) is 31.8. The monoisotopic (exact) mass is 234 g/mol. The maximum atomic E-state index is 12.1. The third kappa shape index (κ3) is 1.95. The molecular weight excluding hydrogens is 216 g/mol. The minimum Gasteiger partial charge on any atom is -0.340 e. The summed E-state index contributed by atoms with van der Waals surface area (Å²) in [7, 11) is 0. The average Bonchev–Trinajstić information content (AvgIpc) is 2.97. The van der Waals surface area contributed by atoms with Gasteiger partial charge in [-0.05, 0) is 30.7 Å². The summed E-state index contributed by atoms with van der Waals surface area (Å²) in [6.45, 7) is 2.08. The first-order chi connectivity index (χ1) is 8.24. The van der Waals surface area contributed by atoms with E-state index in [1.165, 1.54) is 6.42 Å². The molecule has 1 saturated carbocycles. The first-order valence-electron chi connectivity index (χ1n) is 6.25. The van der Waals surface area contributed by atoms with Crippen molar-refractivity contribution in [1.29, 1.82) is 0 Å². The van der Waals surface area contributed by atoms with E-state index < -0.39 is 0 Å². The average molecular weight is 234 g/mol. The third-order valence-corrected chi connectivity index (χ3v) is 4.12. The lowest BCUT2D eigenvalue weighted by molar-refractivity contribution is -0.131. The minimum atomic E-state index is 0.162. The molecule has 1 aromatic heterocycles. The van der Waals surface area contributed by atoms with E-state index in [0.717, 1.165) is 19.5 Å². The number of likely N-dealkylation sites (tertiary alicyclic amines) is 1. The number of nitrogens with zero attached hydrogens (tertiary/aromatic N) is 3. The Hall–Kier alpha value is -1.36. The molecule has 1 saturated heterocycles. The van der Waals surface area contributed by atoms with Crippen LogP contribution in [0.15, 0.2) is 18.5 Å². The Labute approximate surface area is 101 Å². The SMILES string of the molecule is NC1CCC2CN(C(=O)Cn3cccn3)CC12. The van der Waals surface area contributed by atoms with E-state index in [1.54, 1.807) is 10.9 Å². The fraction of sp³-hybridized carbons (Fsp3) is 0.667. The van der Waals surface area contributed by atoms with E-state index in [4.69, 9.17) is 5.73 Å². The van der Waals surface area contributed by atoms with Gasteiger partial charge in [-0.1, -0.05) is 0 Å². The smallest absolute Gasteiger partial charge is 0.244 e. The molecule has 0 aromatic carbocycles. The molecule has 1 aliphatic heterocycles. The Bertz CT molecular complexity index is 403. The van der Waals surface area contributed by atoms with Crippen molar-refractivity contribution in [3.8, 4) is 0 Å². The molecule has 92 valence electrons. The molecule has 2 heterocycles. The van der Waals surface area contributed by atoms with Crippen LogP contribution in [-0.2, 0) is 11.3 Å². The van der Waals surface area contributed by atoms with Crippen LogP contribution in [0.3, 0.4) is 0 Å². The fourth-order valence-electron chi connectivity index (χ4n) is 3.14. The zero-order valence-corrected chi connectivity index (χ0v) is 9.83. The highest BCUT2D eigenvalue weighted by molar-refractivity contribution is 5.76. The summed E-state index contributed by atoms with van der Waals surface area (Å²) in [5.41, 5.74) is 6.06. The first-order valence-corrected chi connectivity index (χ1v) is 6.25. The number of hydrogen-bond donors (Lipinski definition) is 1. The zero-order chi connectivity index (χ0) is 11.8. The van der Waals surface area contributed by atoms with Gasteiger partial charge in [0.1, 0.15) is 6.54 Å². The topological polar surface area (TPSA) is 64.2 Å². The van der Waals surface area contributed by atoms with Crippen LogP contribution >= 0.6 is 0 Å². The van der Waals surface area contributed by atoms with Gasteiger partial charge in [0, 0.05) is 31.5 Å². The quantitative estimate of drug-likeness (QED) is 0.788. The molecule has 2 aliphatic rings. The van der Waals surface area contributed by atoms with E-state index in [0.29, 0.717) is 24.4 Å². The lowest BCUT2D eigenvalue weighted by atomic mass is 9.98. The van der Waals surface area contributed by atoms with Gasteiger partial charge < -0.3 is 10.6 Å². The number of rotatable bonds is 2. The Kier molecular flexibility index (Phi) is 2.63. The molecule has 0 radical (unpaired) electrons. The lowest BCUT2D eigenvalue weighted by Gasteiger charge is -2.18. The first kappa shape index (κ1) is 10.8. The standard InChI is InChI=1S/C12H18N4O/c13-11-3-2-9-6-15(7-10(9)11)12(17)8-16-5-1-4-14-16/h1,4-5,9-11H,2-3,6-8,13H2. The number of aromatic nitrogens is 2. The Balaban J connectivity index is 1.61. The van der Waals surface area contributed by atoms with Crippen LogP contribution in [0.1, 0.15) is 12.8 Å². The Morgan fingerprint density at radius 3 is 3.00 bits per heavy atom. The maximum Gasteiger partial charge on any atom is 0.244 e. The lowest BCUT2D eigenvalue weighted by Crippen LogP contribution is -2.35. The molecule has 5 heteroatoms. The molecule has 3 rings (SSSR count). The molecular formula is C12H18N4O. The summed E-state index contributed by atoms with van der Waals surface area (Å²) in [6, 6.07) is 2.13. The molecule has 3 unspecified atom stereocenters. The van der Waals surface area contributed by atoms with Crippen molar-refractivity contribution in [2.45, 2.75) is 25.4 Å². The third-order valence-electron chi connectivity index (χ3n) is 4.12. The van der Waals surface area contributed by atoms with E-state index in [9.17, 15) is 4.79 Å². The van der Waals surface area contributed by atoms with Crippen LogP contribution in [0.4, 0.5) is 0 Å². The van der Waals surface area contributed by atoms with Gasteiger partial charge >= 0.3 is 0 Å². The number of carbonyl (C=O) groups excluding carboxylic acids is 1. The van der Waals surface area contributed by atoms with Gasteiger partial charge in [-0.25, -0.2) is 0 Å². The van der Waals surface area contributed by atoms with E-state index in [-0.39, 0.29) is 5.91 Å². The number of hydrogen-bond acceptors (Lipinski definition) is 3. The molecule has 1 aliphatic carbocycles. The summed E-state index contributed by atoms with van der Waals surface area (Å²) < 4.78 is 1.68. The van der Waals surface area contributed by atoms with Crippen LogP contribution in [-0.4, -0.2) is 39.7 Å². The van der Waals surface area contributed by atoms with Crippen molar-refractivity contribution >= 4 is 5.91 Å². The highest BCUT2D eigenvalue weighted by Gasteiger charge is 2.42. The van der Waals surface area contributed by atoms with Crippen molar-refractivity contribution in [2.75, 3.05) is 13.1 Å². The van der Waals surface area contributed by atoms with Crippen LogP contribution in [0.5, 0.6) is 0 Å². The van der Waals surface area contributed by atoms with Gasteiger partial charge in [-0.15, -0.1) is 0 Å². The maximum absolute atomic E-state index is 12.1. The number of nitrogens with two attached hydrogens (primary N) is 1. The van der Waals surface area contributed by atoms with Crippen molar-refractivity contribution in [2.24, 2.45) is 17.6 Å². The number of amides is 1. The van der Waals surface area contributed by atoms with Crippen molar-refractivity contribution in [3.05, 3.63) is 18.5 Å². The molecule has 0 bridgehead atoms. The van der Waals surface area contributed by atoms with Gasteiger partial charge in [0.05, 0.1) is 0 Å². The molecule has 5 nitrogen and oxygen atoms in total. The summed E-state index contributed by atoms with van der Waals surface area (Å²) in [5, 5.41) is 4.06. The van der Waals surface area contributed by atoms with E-state index >= 15 is 0 Å². The minimum absolute atomic E-state index is 0.162. The summed E-state index contributed by atoms with van der Waals surface area (Å²) in [6.07, 6.45) is 5.82. The molecule has 3 atom stereocenters. The zero-order valence-electron chi connectivity index (χ0n) is 9.83. The highest BCUT2D eigenvalue weighted by atomic mass is 16.2. The summed E-state index contributed by atoms with van der Waals surface area (Å²) in [4.78, 5) is 14.0. The second kappa shape index (κ2) is 4.14.